The van der Waals surface area contributed by atoms with Crippen LogP contribution in [0, 0.1) is 11.6 Å². The Labute approximate surface area is 175 Å². The molecule has 0 spiro atoms. The zero-order valence-corrected chi connectivity index (χ0v) is 16.5. The molecule has 150 valence electrons. The highest BCUT2D eigenvalue weighted by atomic mass is 32.1. The quantitative estimate of drug-likeness (QED) is 0.457. The van der Waals surface area contributed by atoms with Crippen LogP contribution in [0.1, 0.15) is 9.67 Å². The second-order valence-corrected chi connectivity index (χ2v) is 7.43. The number of rotatable bonds is 5. The Morgan fingerprint density at radius 2 is 1.93 bits per heavy atom. The van der Waals surface area contributed by atoms with Crippen LogP contribution in [-0.4, -0.2) is 22.4 Å². The van der Waals surface area contributed by atoms with E-state index >= 15 is 0 Å². The predicted molar refractivity (Wildman–Crippen MR) is 115 cm³/mol. The van der Waals surface area contributed by atoms with Crippen LogP contribution in [0.15, 0.2) is 67.5 Å². The molecule has 4 aromatic rings. The fraction of sp³-hybridized carbons (Fsp3) is 0.0455. The van der Waals surface area contributed by atoms with Crippen molar-refractivity contribution in [2.45, 2.75) is 0 Å². The maximum Gasteiger partial charge on any atom is 0.270 e. The van der Waals surface area contributed by atoms with Crippen LogP contribution in [0.3, 0.4) is 0 Å². The molecule has 1 amide bonds. The largest absolute Gasteiger partial charge is 0.397 e. The number of aromatic nitrogens is 2. The highest BCUT2D eigenvalue weighted by Gasteiger charge is 2.25. The SMILES string of the molecule is C=CCN(C(=O)c1sc2nc(-c3ccncc3)ccc2c1N)c1cc(F)ccc1F. The second kappa shape index (κ2) is 8.00. The highest BCUT2D eigenvalue weighted by molar-refractivity contribution is 7.21. The van der Waals surface area contributed by atoms with Gasteiger partial charge in [0.2, 0.25) is 0 Å². The van der Waals surface area contributed by atoms with Crippen molar-refractivity contribution in [3.63, 3.8) is 0 Å². The van der Waals surface area contributed by atoms with Gasteiger partial charge in [-0.3, -0.25) is 9.78 Å². The molecule has 1 aromatic carbocycles. The van der Waals surface area contributed by atoms with Gasteiger partial charge in [-0.1, -0.05) is 6.08 Å². The zero-order chi connectivity index (χ0) is 21.3. The van der Waals surface area contributed by atoms with Crippen molar-refractivity contribution in [1.82, 2.24) is 9.97 Å². The number of hydrogen-bond acceptors (Lipinski definition) is 5. The molecule has 0 atom stereocenters. The second-order valence-electron chi connectivity index (χ2n) is 6.43. The molecule has 0 saturated heterocycles. The van der Waals surface area contributed by atoms with E-state index in [1.807, 2.05) is 18.2 Å². The number of pyridine rings is 2. The molecule has 0 aliphatic heterocycles. The maximum absolute atomic E-state index is 14.3. The number of hydrogen-bond donors (Lipinski definition) is 1. The maximum atomic E-state index is 14.3. The smallest absolute Gasteiger partial charge is 0.270 e. The summed E-state index contributed by atoms with van der Waals surface area (Å²) in [5.41, 5.74) is 7.89. The third-order valence-electron chi connectivity index (χ3n) is 4.52. The molecule has 3 aromatic heterocycles. The van der Waals surface area contributed by atoms with Crippen molar-refractivity contribution in [2.24, 2.45) is 0 Å². The number of halogens is 2. The monoisotopic (exact) mass is 422 g/mol. The van der Waals surface area contributed by atoms with Crippen LogP contribution in [0.25, 0.3) is 21.5 Å². The van der Waals surface area contributed by atoms with Crippen molar-refractivity contribution < 1.29 is 13.6 Å². The number of carbonyl (C=O) groups excluding carboxylic acids is 1. The van der Waals surface area contributed by atoms with Gasteiger partial charge in [0.1, 0.15) is 21.3 Å². The molecule has 0 saturated carbocycles. The van der Waals surface area contributed by atoms with Crippen LogP contribution in [0.2, 0.25) is 0 Å². The summed E-state index contributed by atoms with van der Waals surface area (Å²) in [6.07, 6.45) is 4.77. The first-order chi connectivity index (χ1) is 14.5. The molecular weight excluding hydrogens is 406 g/mol. The van der Waals surface area contributed by atoms with Crippen molar-refractivity contribution in [2.75, 3.05) is 17.2 Å². The summed E-state index contributed by atoms with van der Waals surface area (Å²) in [5, 5.41) is 0.624. The Hall–Kier alpha value is -3.65. The Morgan fingerprint density at radius 3 is 2.67 bits per heavy atom. The molecule has 0 unspecified atom stereocenters. The minimum atomic E-state index is -0.718. The summed E-state index contributed by atoms with van der Waals surface area (Å²) in [7, 11) is 0. The minimum absolute atomic E-state index is 0.0113. The number of carbonyl (C=O) groups is 1. The fourth-order valence-corrected chi connectivity index (χ4v) is 4.12. The highest BCUT2D eigenvalue weighted by Crippen LogP contribution is 2.36. The topological polar surface area (TPSA) is 72.1 Å². The van der Waals surface area contributed by atoms with Crippen LogP contribution >= 0.6 is 11.3 Å². The number of benzene rings is 1. The van der Waals surface area contributed by atoms with E-state index in [0.29, 0.717) is 15.9 Å². The average molecular weight is 422 g/mol. The van der Waals surface area contributed by atoms with E-state index < -0.39 is 17.5 Å². The summed E-state index contributed by atoms with van der Waals surface area (Å²) in [6, 6.07) is 10.2. The standard InChI is InChI=1S/C22H16F2N4OS/c1-2-11-28(18-12-14(23)3-5-16(18)24)22(29)20-19(25)15-4-6-17(27-21(15)30-20)13-7-9-26-10-8-13/h2-10,12H,1,11,25H2. The Balaban J connectivity index is 1.79. The van der Waals surface area contributed by atoms with E-state index in [0.717, 1.165) is 40.0 Å². The number of fused-ring (bicyclic) bond motifs is 1. The minimum Gasteiger partial charge on any atom is -0.397 e. The predicted octanol–water partition coefficient (Wildman–Crippen LogP) is 5.05. The lowest BCUT2D eigenvalue weighted by atomic mass is 10.1. The van der Waals surface area contributed by atoms with Gasteiger partial charge in [-0.15, -0.1) is 17.9 Å². The number of thiophene rings is 1. The molecule has 2 N–H and O–H groups in total. The van der Waals surface area contributed by atoms with Crippen molar-refractivity contribution >= 4 is 38.8 Å². The number of nitrogens with zero attached hydrogens (tertiary/aromatic N) is 3. The zero-order valence-electron chi connectivity index (χ0n) is 15.7. The third kappa shape index (κ3) is 3.53. The summed E-state index contributed by atoms with van der Waals surface area (Å²) >= 11 is 1.11. The summed E-state index contributed by atoms with van der Waals surface area (Å²) in [4.78, 5) is 23.7. The first kappa shape index (κ1) is 19.7. The van der Waals surface area contributed by atoms with Gasteiger partial charge in [0, 0.05) is 36.0 Å². The molecule has 30 heavy (non-hydrogen) atoms. The van der Waals surface area contributed by atoms with Gasteiger partial charge in [-0.25, -0.2) is 13.8 Å². The van der Waals surface area contributed by atoms with Gasteiger partial charge in [0.15, 0.2) is 0 Å². The van der Waals surface area contributed by atoms with Gasteiger partial charge < -0.3 is 10.6 Å². The molecule has 3 heterocycles. The lowest BCUT2D eigenvalue weighted by molar-refractivity contribution is 0.0993. The molecule has 0 aliphatic rings. The lowest BCUT2D eigenvalue weighted by Gasteiger charge is -2.21. The molecule has 4 rings (SSSR count). The summed E-state index contributed by atoms with van der Waals surface area (Å²) in [5.74, 6) is -1.92. The molecule has 5 nitrogen and oxygen atoms in total. The van der Waals surface area contributed by atoms with Gasteiger partial charge in [-0.2, -0.15) is 0 Å². The molecule has 8 heteroatoms. The number of anilines is 2. The van der Waals surface area contributed by atoms with Gasteiger partial charge >= 0.3 is 0 Å². The first-order valence-corrected chi connectivity index (χ1v) is 9.78. The Morgan fingerprint density at radius 1 is 1.17 bits per heavy atom. The molecule has 0 bridgehead atoms. The first-order valence-electron chi connectivity index (χ1n) is 8.97. The average Bonchev–Trinajstić information content (AvgIpc) is 3.10. The van der Waals surface area contributed by atoms with Crippen molar-refractivity contribution in [3.8, 4) is 11.3 Å². The van der Waals surface area contributed by atoms with Gasteiger partial charge in [0.25, 0.3) is 5.91 Å². The fourth-order valence-electron chi connectivity index (χ4n) is 3.07. The van der Waals surface area contributed by atoms with Gasteiger partial charge in [-0.05, 0) is 36.4 Å². The lowest BCUT2D eigenvalue weighted by Crippen LogP contribution is -2.31. The van der Waals surface area contributed by atoms with Crippen molar-refractivity contribution in [3.05, 3.63) is 84.0 Å². The molecule has 0 radical (unpaired) electrons. The summed E-state index contributed by atoms with van der Waals surface area (Å²) in [6.45, 7) is 3.60. The van der Waals surface area contributed by atoms with Crippen LogP contribution < -0.4 is 10.6 Å². The summed E-state index contributed by atoms with van der Waals surface area (Å²) < 4.78 is 28.0. The van der Waals surface area contributed by atoms with Crippen LogP contribution in [0.4, 0.5) is 20.2 Å². The van der Waals surface area contributed by atoms with E-state index in [1.54, 1.807) is 18.5 Å². The number of nitrogens with two attached hydrogens (primary N) is 1. The van der Waals surface area contributed by atoms with Crippen LogP contribution in [0.5, 0.6) is 0 Å². The molecule has 0 fully saturated rings. The van der Waals surface area contributed by atoms with E-state index in [-0.39, 0.29) is 22.8 Å². The normalized spacial score (nSPS) is 10.9. The Bertz CT molecular complexity index is 1260. The van der Waals surface area contributed by atoms with Gasteiger partial charge in [0.05, 0.1) is 17.1 Å². The molecule has 0 aliphatic carbocycles. The van der Waals surface area contributed by atoms with E-state index in [1.165, 1.54) is 6.08 Å². The van der Waals surface area contributed by atoms with Crippen molar-refractivity contribution in [1.29, 1.82) is 0 Å². The Kier molecular flexibility index (Phi) is 5.24. The van der Waals surface area contributed by atoms with Crippen LogP contribution in [-0.2, 0) is 0 Å². The molecular formula is C22H16F2N4OS. The third-order valence-corrected chi connectivity index (χ3v) is 5.62. The van der Waals surface area contributed by atoms with E-state index in [4.69, 9.17) is 5.73 Å². The van der Waals surface area contributed by atoms with E-state index in [2.05, 4.69) is 16.5 Å². The van der Waals surface area contributed by atoms with E-state index in [9.17, 15) is 13.6 Å². The number of amides is 1. The number of nitrogen functional groups attached to an aromatic ring is 1.